The van der Waals surface area contributed by atoms with Crippen molar-refractivity contribution in [2.45, 2.75) is 6.43 Å². The highest BCUT2D eigenvalue weighted by molar-refractivity contribution is 8.15. The summed E-state index contributed by atoms with van der Waals surface area (Å²) in [4.78, 5) is 10.9. The second-order valence-corrected chi connectivity index (χ2v) is 4.42. The quantitative estimate of drug-likeness (QED) is 0.675. The molecule has 0 aliphatic carbocycles. The number of amides is 1. The zero-order valence-corrected chi connectivity index (χ0v) is 9.95. The fraction of sp³-hybridized carbons (Fsp3) is 0.182. The molecule has 0 radical (unpaired) electrons. The van der Waals surface area contributed by atoms with Crippen LogP contribution in [0.2, 0.25) is 0 Å². The molecule has 1 aromatic carbocycles. The number of benzene rings is 1. The number of halogens is 2. The lowest BCUT2D eigenvalue weighted by molar-refractivity contribution is -0.116. The molecule has 94 valence electrons. The summed E-state index contributed by atoms with van der Waals surface area (Å²) in [7, 11) is 0. The number of hydrogen-bond acceptors (Lipinski definition) is 4. The maximum Gasteiger partial charge on any atom is 0.263 e. The molecule has 0 spiro atoms. The fourth-order valence-corrected chi connectivity index (χ4v) is 1.93. The van der Waals surface area contributed by atoms with Crippen LogP contribution in [0.4, 0.5) is 8.78 Å². The molecule has 0 unspecified atom stereocenters. The number of carbonyl (C=O) groups is 1. The van der Waals surface area contributed by atoms with Crippen molar-refractivity contribution in [2.75, 3.05) is 5.75 Å². The van der Waals surface area contributed by atoms with Crippen molar-refractivity contribution in [3.63, 3.8) is 0 Å². The first kappa shape index (κ1) is 12.7. The highest BCUT2D eigenvalue weighted by atomic mass is 32.2. The fourth-order valence-electron chi connectivity index (χ4n) is 1.30. The van der Waals surface area contributed by atoms with Crippen molar-refractivity contribution in [1.82, 2.24) is 5.32 Å². The average molecular weight is 269 g/mol. The van der Waals surface area contributed by atoms with Gasteiger partial charge in [0, 0.05) is 5.56 Å². The number of nitrogens with zero attached hydrogens (tertiary/aromatic N) is 2. The van der Waals surface area contributed by atoms with Gasteiger partial charge in [-0.2, -0.15) is 5.10 Å². The molecular formula is C11H9F2N3OS. The lowest BCUT2D eigenvalue weighted by Gasteiger charge is -1.99. The van der Waals surface area contributed by atoms with Crippen molar-refractivity contribution < 1.29 is 13.6 Å². The van der Waals surface area contributed by atoms with Crippen LogP contribution < -0.4 is 5.32 Å². The van der Waals surface area contributed by atoms with E-state index in [0.29, 0.717) is 16.5 Å². The van der Waals surface area contributed by atoms with E-state index in [1.54, 1.807) is 6.07 Å². The van der Waals surface area contributed by atoms with Crippen LogP contribution in [-0.2, 0) is 4.79 Å². The smallest absolute Gasteiger partial charge is 0.263 e. The Morgan fingerprint density at radius 3 is 2.94 bits per heavy atom. The zero-order valence-electron chi connectivity index (χ0n) is 9.14. The van der Waals surface area contributed by atoms with E-state index in [4.69, 9.17) is 0 Å². The number of hydrogen-bond donors (Lipinski definition) is 1. The van der Waals surface area contributed by atoms with Gasteiger partial charge in [0.25, 0.3) is 6.43 Å². The van der Waals surface area contributed by atoms with Gasteiger partial charge in [0.1, 0.15) is 0 Å². The third-order valence-electron chi connectivity index (χ3n) is 2.10. The maximum absolute atomic E-state index is 12.4. The zero-order chi connectivity index (χ0) is 13.0. The molecular weight excluding hydrogens is 260 g/mol. The highest BCUT2D eigenvalue weighted by Gasteiger charge is 2.15. The molecule has 0 bridgehead atoms. The Morgan fingerprint density at radius 2 is 2.28 bits per heavy atom. The van der Waals surface area contributed by atoms with Gasteiger partial charge in [-0.1, -0.05) is 30.0 Å². The van der Waals surface area contributed by atoms with Crippen LogP contribution in [-0.4, -0.2) is 23.0 Å². The first-order valence-electron chi connectivity index (χ1n) is 5.07. The summed E-state index contributed by atoms with van der Waals surface area (Å²) >= 11 is 1.25. The Bertz CT molecular complexity index is 517. The number of nitrogens with one attached hydrogen (secondary N) is 1. The molecule has 0 aromatic heterocycles. The van der Waals surface area contributed by atoms with Gasteiger partial charge in [-0.15, -0.1) is 5.10 Å². The van der Waals surface area contributed by atoms with Crippen LogP contribution in [0.15, 0.2) is 34.5 Å². The van der Waals surface area contributed by atoms with Crippen LogP contribution in [0.25, 0.3) is 0 Å². The van der Waals surface area contributed by atoms with E-state index in [0.717, 1.165) is 0 Å². The van der Waals surface area contributed by atoms with E-state index >= 15 is 0 Å². The Morgan fingerprint density at radius 1 is 1.44 bits per heavy atom. The molecule has 18 heavy (non-hydrogen) atoms. The predicted molar refractivity (Wildman–Crippen MR) is 67.0 cm³/mol. The Labute approximate surface area is 106 Å². The summed E-state index contributed by atoms with van der Waals surface area (Å²) in [5, 5.41) is 10.4. The molecule has 1 fully saturated rings. The number of alkyl halides is 2. The molecule has 1 amide bonds. The number of carbonyl (C=O) groups excluding carboxylic acids is 1. The third-order valence-corrected chi connectivity index (χ3v) is 2.97. The summed E-state index contributed by atoms with van der Waals surface area (Å²) in [6.45, 7) is 0. The molecule has 1 aromatic rings. The number of amidine groups is 1. The Balaban J connectivity index is 2.05. The van der Waals surface area contributed by atoms with Gasteiger partial charge in [0.2, 0.25) is 5.91 Å². The average Bonchev–Trinajstić information content (AvgIpc) is 2.75. The van der Waals surface area contributed by atoms with Crippen LogP contribution in [0.1, 0.15) is 17.6 Å². The van der Waals surface area contributed by atoms with Gasteiger partial charge in [0.15, 0.2) is 5.17 Å². The minimum absolute atomic E-state index is 0.0600. The Kier molecular flexibility index (Phi) is 4.03. The third kappa shape index (κ3) is 3.36. The predicted octanol–water partition coefficient (Wildman–Crippen LogP) is 2.18. The molecule has 2 rings (SSSR count). The number of rotatable bonds is 3. The lowest BCUT2D eigenvalue weighted by Crippen LogP contribution is -2.19. The van der Waals surface area contributed by atoms with Crippen molar-refractivity contribution in [3.8, 4) is 0 Å². The monoisotopic (exact) mass is 269 g/mol. The SMILES string of the molecule is O=C1CSC(=NN=Cc2cccc(C(F)F)c2)N1. The number of thioether (sulfide) groups is 1. The standard InChI is InChI=1S/C11H9F2N3OS/c12-10(13)8-3-1-2-7(4-8)5-14-16-11-15-9(17)6-18-11/h1-5,10H,6H2,(H,15,16,17). The first-order chi connectivity index (χ1) is 8.65. The molecule has 1 saturated heterocycles. The molecule has 1 N–H and O–H groups in total. The molecule has 1 aliphatic rings. The van der Waals surface area contributed by atoms with E-state index in [1.807, 2.05) is 0 Å². The minimum atomic E-state index is -2.51. The van der Waals surface area contributed by atoms with Crippen LogP contribution in [0, 0.1) is 0 Å². The molecule has 7 heteroatoms. The summed E-state index contributed by atoms with van der Waals surface area (Å²) < 4.78 is 24.9. The van der Waals surface area contributed by atoms with E-state index in [9.17, 15) is 13.6 Å². The van der Waals surface area contributed by atoms with Gasteiger partial charge in [-0.3, -0.25) is 4.79 Å². The van der Waals surface area contributed by atoms with E-state index in [-0.39, 0.29) is 11.5 Å². The summed E-state index contributed by atoms with van der Waals surface area (Å²) in [5.41, 5.74) is 0.474. The summed E-state index contributed by atoms with van der Waals surface area (Å²) in [6.07, 6.45) is -1.14. The van der Waals surface area contributed by atoms with E-state index in [1.165, 1.54) is 36.2 Å². The Hall–Kier alpha value is -1.76. The molecule has 0 saturated carbocycles. The van der Waals surface area contributed by atoms with Crippen molar-refractivity contribution in [1.29, 1.82) is 0 Å². The van der Waals surface area contributed by atoms with E-state index in [2.05, 4.69) is 15.5 Å². The molecule has 4 nitrogen and oxygen atoms in total. The molecule has 1 heterocycles. The lowest BCUT2D eigenvalue weighted by atomic mass is 10.1. The largest absolute Gasteiger partial charge is 0.303 e. The van der Waals surface area contributed by atoms with Crippen molar-refractivity contribution >= 4 is 29.1 Å². The normalized spacial score (nSPS) is 17.9. The minimum Gasteiger partial charge on any atom is -0.303 e. The second-order valence-electron chi connectivity index (χ2n) is 3.46. The van der Waals surface area contributed by atoms with Gasteiger partial charge < -0.3 is 5.32 Å². The first-order valence-corrected chi connectivity index (χ1v) is 6.05. The highest BCUT2D eigenvalue weighted by Crippen LogP contribution is 2.18. The molecule has 0 atom stereocenters. The van der Waals surface area contributed by atoms with Gasteiger partial charge in [-0.25, -0.2) is 8.78 Å². The topological polar surface area (TPSA) is 53.8 Å². The second kappa shape index (κ2) is 5.72. The summed E-state index contributed by atoms with van der Waals surface area (Å²) in [5.74, 6) is 0.212. The summed E-state index contributed by atoms with van der Waals surface area (Å²) in [6, 6.07) is 5.87. The van der Waals surface area contributed by atoms with Crippen molar-refractivity contribution in [3.05, 3.63) is 35.4 Å². The van der Waals surface area contributed by atoms with Crippen LogP contribution in [0.5, 0.6) is 0 Å². The van der Waals surface area contributed by atoms with Gasteiger partial charge in [-0.05, 0) is 11.6 Å². The van der Waals surface area contributed by atoms with Crippen molar-refractivity contribution in [2.24, 2.45) is 10.2 Å². The maximum atomic E-state index is 12.4. The van der Waals surface area contributed by atoms with Crippen LogP contribution >= 0.6 is 11.8 Å². The van der Waals surface area contributed by atoms with Gasteiger partial charge in [0.05, 0.1) is 12.0 Å². The van der Waals surface area contributed by atoms with E-state index < -0.39 is 6.43 Å². The molecule has 1 aliphatic heterocycles. The van der Waals surface area contributed by atoms with Gasteiger partial charge >= 0.3 is 0 Å². The van der Waals surface area contributed by atoms with Crippen LogP contribution in [0.3, 0.4) is 0 Å².